The molecule has 2 nitrogen and oxygen atoms in total. The summed E-state index contributed by atoms with van der Waals surface area (Å²) in [6.07, 6.45) is 6.16. The van der Waals surface area contributed by atoms with Crippen LogP contribution in [-0.2, 0) is 0 Å². The van der Waals surface area contributed by atoms with Crippen LogP contribution in [0.1, 0.15) is 46.0 Å². The summed E-state index contributed by atoms with van der Waals surface area (Å²) < 4.78 is 0. The molecular weight excluding hydrogens is 180 g/mol. The molecule has 0 unspecified atom stereocenters. The van der Waals surface area contributed by atoms with Gasteiger partial charge in [-0.15, -0.1) is 0 Å². The highest BCUT2D eigenvalue weighted by Gasteiger charge is 1.92. The van der Waals surface area contributed by atoms with Gasteiger partial charge >= 0.3 is 0 Å². The number of thiocarbonyl (C=S) groups is 1. The molecule has 0 rings (SSSR count). The van der Waals surface area contributed by atoms with Gasteiger partial charge in [-0.1, -0.05) is 33.1 Å². The Kier molecular flexibility index (Phi) is 9.54. The minimum absolute atomic E-state index is 0.810. The Morgan fingerprint density at radius 2 is 1.46 bits per heavy atom. The van der Waals surface area contributed by atoms with E-state index in [1.54, 1.807) is 0 Å². The summed E-state index contributed by atoms with van der Waals surface area (Å²) in [6, 6.07) is 0. The van der Waals surface area contributed by atoms with Gasteiger partial charge in [0.05, 0.1) is 0 Å². The summed E-state index contributed by atoms with van der Waals surface area (Å²) >= 11 is 5.09. The molecule has 0 aliphatic carbocycles. The first-order valence-corrected chi connectivity index (χ1v) is 5.73. The third-order valence-corrected chi connectivity index (χ3v) is 2.17. The van der Waals surface area contributed by atoms with Gasteiger partial charge in [-0.3, -0.25) is 0 Å². The van der Waals surface area contributed by atoms with Crippen molar-refractivity contribution in [2.24, 2.45) is 0 Å². The van der Waals surface area contributed by atoms with Crippen LogP contribution in [0.2, 0.25) is 0 Å². The van der Waals surface area contributed by atoms with E-state index < -0.39 is 0 Å². The predicted molar refractivity (Wildman–Crippen MR) is 63.0 cm³/mol. The quantitative estimate of drug-likeness (QED) is 0.490. The van der Waals surface area contributed by atoms with Crippen LogP contribution in [0.4, 0.5) is 0 Å². The van der Waals surface area contributed by atoms with E-state index in [1.165, 1.54) is 32.1 Å². The van der Waals surface area contributed by atoms with E-state index in [-0.39, 0.29) is 0 Å². The lowest BCUT2D eigenvalue weighted by Gasteiger charge is -2.09. The largest absolute Gasteiger partial charge is 0.363 e. The van der Waals surface area contributed by atoms with Crippen molar-refractivity contribution in [3.8, 4) is 0 Å². The highest BCUT2D eigenvalue weighted by atomic mass is 32.1. The molecule has 0 bridgehead atoms. The molecule has 0 aliphatic heterocycles. The summed E-state index contributed by atoms with van der Waals surface area (Å²) in [5.41, 5.74) is 0. The van der Waals surface area contributed by atoms with Crippen molar-refractivity contribution in [1.82, 2.24) is 10.6 Å². The molecule has 0 aromatic rings. The van der Waals surface area contributed by atoms with E-state index in [0.717, 1.165) is 18.2 Å². The Bertz CT molecular complexity index is 126. The van der Waals surface area contributed by atoms with E-state index in [4.69, 9.17) is 12.2 Å². The fourth-order valence-electron chi connectivity index (χ4n) is 1.02. The Morgan fingerprint density at radius 1 is 0.923 bits per heavy atom. The van der Waals surface area contributed by atoms with Crippen molar-refractivity contribution in [3.63, 3.8) is 0 Å². The molecule has 0 aromatic heterocycles. The Labute approximate surface area is 87.5 Å². The number of hydrogen-bond donors (Lipinski definition) is 2. The maximum atomic E-state index is 5.09. The highest BCUT2D eigenvalue weighted by Crippen LogP contribution is 1.90. The van der Waals surface area contributed by atoms with Crippen LogP contribution < -0.4 is 10.6 Å². The number of rotatable bonds is 7. The molecular formula is C10H22N2S. The molecule has 0 aromatic carbocycles. The number of unbranched alkanes of at least 4 members (excludes halogenated alkanes) is 3. The maximum Gasteiger partial charge on any atom is 0.166 e. The van der Waals surface area contributed by atoms with E-state index >= 15 is 0 Å². The van der Waals surface area contributed by atoms with Gasteiger partial charge in [-0.05, 0) is 25.1 Å². The van der Waals surface area contributed by atoms with Gasteiger partial charge in [0.25, 0.3) is 0 Å². The molecule has 0 spiro atoms. The van der Waals surface area contributed by atoms with Crippen LogP contribution in [0.15, 0.2) is 0 Å². The average molecular weight is 202 g/mol. The van der Waals surface area contributed by atoms with E-state index in [9.17, 15) is 0 Å². The van der Waals surface area contributed by atoms with Crippen LogP contribution in [-0.4, -0.2) is 18.2 Å². The van der Waals surface area contributed by atoms with Crippen LogP contribution in [0.25, 0.3) is 0 Å². The van der Waals surface area contributed by atoms with Gasteiger partial charge < -0.3 is 10.6 Å². The zero-order valence-corrected chi connectivity index (χ0v) is 9.67. The second-order valence-corrected chi connectivity index (χ2v) is 3.65. The Hall–Kier alpha value is -0.310. The zero-order chi connectivity index (χ0) is 9.94. The van der Waals surface area contributed by atoms with Crippen LogP contribution >= 0.6 is 12.2 Å². The first-order valence-electron chi connectivity index (χ1n) is 5.33. The third-order valence-electron chi connectivity index (χ3n) is 1.88. The number of nitrogens with one attached hydrogen (secondary N) is 2. The monoisotopic (exact) mass is 202 g/mol. The predicted octanol–water partition coefficient (Wildman–Crippen LogP) is 2.44. The maximum absolute atomic E-state index is 5.09. The van der Waals surface area contributed by atoms with Crippen molar-refractivity contribution in [1.29, 1.82) is 0 Å². The van der Waals surface area contributed by atoms with Gasteiger partial charge in [0.15, 0.2) is 5.11 Å². The average Bonchev–Trinajstić information content (AvgIpc) is 2.13. The van der Waals surface area contributed by atoms with Crippen molar-refractivity contribution in [2.75, 3.05) is 13.1 Å². The molecule has 78 valence electrons. The lowest BCUT2D eigenvalue weighted by molar-refractivity contribution is 0.681. The molecule has 13 heavy (non-hydrogen) atoms. The van der Waals surface area contributed by atoms with E-state index in [1.807, 2.05) is 0 Å². The van der Waals surface area contributed by atoms with Crippen LogP contribution in [0.5, 0.6) is 0 Å². The van der Waals surface area contributed by atoms with E-state index in [0.29, 0.717) is 0 Å². The number of hydrogen-bond acceptors (Lipinski definition) is 1. The summed E-state index contributed by atoms with van der Waals surface area (Å²) in [4.78, 5) is 0. The second kappa shape index (κ2) is 9.78. The second-order valence-electron chi connectivity index (χ2n) is 3.24. The molecule has 3 heteroatoms. The lowest BCUT2D eigenvalue weighted by Crippen LogP contribution is -2.36. The molecule has 0 amide bonds. The molecule has 0 heterocycles. The molecule has 0 saturated heterocycles. The minimum atomic E-state index is 0.810. The Morgan fingerprint density at radius 3 is 2.00 bits per heavy atom. The standard InChI is InChI=1S/C10H22N2S/c1-3-5-7-9-12-10(13)11-8-6-4-2/h3-9H2,1-2H3,(H2,11,12,13). The Balaban J connectivity index is 3.11. The van der Waals surface area contributed by atoms with Crippen LogP contribution in [0, 0.1) is 0 Å². The SMILES string of the molecule is CCCCCNC(=S)NCCCC. The molecule has 0 aliphatic rings. The van der Waals surface area contributed by atoms with Crippen molar-refractivity contribution >= 4 is 17.3 Å². The fraction of sp³-hybridized carbons (Fsp3) is 0.900. The van der Waals surface area contributed by atoms with Gasteiger partial charge in [-0.2, -0.15) is 0 Å². The van der Waals surface area contributed by atoms with Crippen molar-refractivity contribution < 1.29 is 0 Å². The summed E-state index contributed by atoms with van der Waals surface area (Å²) in [6.45, 7) is 6.39. The summed E-state index contributed by atoms with van der Waals surface area (Å²) in [7, 11) is 0. The normalized spacial score (nSPS) is 9.69. The lowest BCUT2D eigenvalue weighted by atomic mass is 10.2. The topological polar surface area (TPSA) is 24.1 Å². The van der Waals surface area contributed by atoms with Crippen LogP contribution in [0.3, 0.4) is 0 Å². The first-order chi connectivity index (χ1) is 6.31. The van der Waals surface area contributed by atoms with Gasteiger partial charge in [0.2, 0.25) is 0 Å². The molecule has 0 atom stereocenters. The summed E-state index contributed by atoms with van der Waals surface area (Å²) in [5, 5.41) is 7.19. The minimum Gasteiger partial charge on any atom is -0.363 e. The van der Waals surface area contributed by atoms with Gasteiger partial charge in [-0.25, -0.2) is 0 Å². The molecule has 0 saturated carbocycles. The highest BCUT2D eigenvalue weighted by molar-refractivity contribution is 7.80. The zero-order valence-electron chi connectivity index (χ0n) is 8.86. The molecule has 0 radical (unpaired) electrons. The molecule has 0 fully saturated rings. The fourth-order valence-corrected chi connectivity index (χ4v) is 1.22. The smallest absolute Gasteiger partial charge is 0.166 e. The van der Waals surface area contributed by atoms with Crippen molar-refractivity contribution in [2.45, 2.75) is 46.0 Å². The first kappa shape index (κ1) is 12.7. The molecule has 2 N–H and O–H groups in total. The third kappa shape index (κ3) is 9.61. The van der Waals surface area contributed by atoms with E-state index in [2.05, 4.69) is 24.5 Å². The van der Waals surface area contributed by atoms with Crippen molar-refractivity contribution in [3.05, 3.63) is 0 Å². The summed E-state index contributed by atoms with van der Waals surface area (Å²) in [5.74, 6) is 0. The van der Waals surface area contributed by atoms with Gasteiger partial charge in [0.1, 0.15) is 0 Å². The van der Waals surface area contributed by atoms with Gasteiger partial charge in [0, 0.05) is 13.1 Å².